The van der Waals surface area contributed by atoms with Gasteiger partial charge in [-0.3, -0.25) is 4.79 Å². The van der Waals surface area contributed by atoms with Crippen molar-refractivity contribution in [2.24, 2.45) is 0 Å². The number of carbonyl (C=O) groups excluding carboxylic acids is 1. The number of fused-ring (bicyclic) bond motifs is 1. The van der Waals surface area contributed by atoms with Crippen LogP contribution in [0.4, 0.5) is 0 Å². The third-order valence-corrected chi connectivity index (χ3v) is 5.84. The fraction of sp³-hybridized carbons (Fsp3) is 0.133. The smallest absolute Gasteiger partial charge is 0.335 e. The molecule has 0 saturated carbocycles. The molecule has 0 unspecified atom stereocenters. The first-order valence-electron chi connectivity index (χ1n) is 10.8. The second-order valence-electron chi connectivity index (χ2n) is 8.71. The predicted molar refractivity (Wildman–Crippen MR) is 132 cm³/mol. The third-order valence-electron chi connectivity index (χ3n) is 5.84. The molecule has 0 aliphatic heterocycles. The molecule has 1 aliphatic carbocycles. The minimum absolute atomic E-state index is 0.0950. The van der Waals surface area contributed by atoms with E-state index in [1.54, 1.807) is 18.2 Å². The Morgan fingerprint density at radius 1 is 0.909 bits per heavy atom. The zero-order chi connectivity index (χ0) is 23.4. The van der Waals surface area contributed by atoms with Gasteiger partial charge in [-0.2, -0.15) is 0 Å². The van der Waals surface area contributed by atoms with E-state index < -0.39 is 5.97 Å². The highest BCUT2D eigenvalue weighted by molar-refractivity contribution is 6.07. The Balaban J connectivity index is 1.59. The maximum atomic E-state index is 12.9. The van der Waals surface area contributed by atoms with Gasteiger partial charge in [0.05, 0.1) is 5.56 Å². The molecule has 1 N–H and O–H groups in total. The van der Waals surface area contributed by atoms with Gasteiger partial charge in [0.25, 0.3) is 0 Å². The molecule has 0 atom stereocenters. The molecule has 1 aliphatic rings. The summed E-state index contributed by atoms with van der Waals surface area (Å²) < 4.78 is 0. The second-order valence-corrected chi connectivity index (χ2v) is 8.71. The summed E-state index contributed by atoms with van der Waals surface area (Å²) in [6.07, 6.45) is 6.26. The van der Waals surface area contributed by atoms with Gasteiger partial charge in [-0.25, -0.2) is 4.79 Å². The van der Waals surface area contributed by atoms with Gasteiger partial charge in [0.15, 0.2) is 5.78 Å². The van der Waals surface area contributed by atoms with E-state index in [4.69, 9.17) is 5.11 Å². The Bertz CT molecular complexity index is 1330. The van der Waals surface area contributed by atoms with Crippen LogP contribution in [0.5, 0.6) is 0 Å². The van der Waals surface area contributed by atoms with Crippen LogP contribution in [0.25, 0.3) is 11.6 Å². The molecule has 3 aromatic rings. The number of ketones is 1. The van der Waals surface area contributed by atoms with Crippen LogP contribution < -0.4 is 0 Å². The Hall–Kier alpha value is -4.16. The summed E-state index contributed by atoms with van der Waals surface area (Å²) in [6.45, 7) is 4.36. The maximum Gasteiger partial charge on any atom is 0.335 e. The molecule has 0 amide bonds. The van der Waals surface area contributed by atoms with E-state index in [0.29, 0.717) is 5.56 Å². The van der Waals surface area contributed by atoms with Crippen molar-refractivity contribution in [3.8, 4) is 11.8 Å². The molecule has 33 heavy (non-hydrogen) atoms. The number of rotatable bonds is 4. The van der Waals surface area contributed by atoms with Crippen molar-refractivity contribution in [2.45, 2.75) is 25.7 Å². The Morgan fingerprint density at radius 2 is 1.61 bits per heavy atom. The van der Waals surface area contributed by atoms with Gasteiger partial charge in [0, 0.05) is 16.7 Å². The average Bonchev–Trinajstić information content (AvgIpc) is 2.83. The number of benzene rings is 3. The minimum Gasteiger partial charge on any atom is -0.478 e. The van der Waals surface area contributed by atoms with Crippen LogP contribution in [-0.4, -0.2) is 16.9 Å². The summed E-state index contributed by atoms with van der Waals surface area (Å²) >= 11 is 0. The molecule has 0 bridgehead atoms. The monoisotopic (exact) mass is 432 g/mol. The maximum absolute atomic E-state index is 12.9. The van der Waals surface area contributed by atoms with Crippen molar-refractivity contribution in [3.05, 3.63) is 118 Å². The quantitative estimate of drug-likeness (QED) is 0.295. The highest BCUT2D eigenvalue weighted by Gasteiger charge is 2.28. The molecule has 0 heterocycles. The van der Waals surface area contributed by atoms with Crippen molar-refractivity contribution in [1.29, 1.82) is 0 Å². The molecular formula is C30H24O3. The van der Waals surface area contributed by atoms with E-state index in [0.717, 1.165) is 34.2 Å². The standard InChI is InChI=1S/C30H24O3/c1-30(2)19-18-23(12-8-21-6-4-3-5-7-21)26-16-15-25(20-27(26)30)28(31)17-11-22-9-13-24(14-10-22)29(32)33/h3-7,9-11,13-18,20H,19H2,1-2H3,(H,32,33)/b17-11+. The van der Waals surface area contributed by atoms with Crippen LogP contribution >= 0.6 is 0 Å². The summed E-state index contributed by atoms with van der Waals surface area (Å²) in [4.78, 5) is 23.8. The van der Waals surface area contributed by atoms with Gasteiger partial charge in [-0.1, -0.05) is 80.3 Å². The predicted octanol–water partition coefficient (Wildman–Crippen LogP) is 6.40. The lowest BCUT2D eigenvalue weighted by Gasteiger charge is -2.31. The van der Waals surface area contributed by atoms with E-state index in [1.165, 1.54) is 18.2 Å². The second kappa shape index (κ2) is 9.14. The number of aromatic carboxylic acids is 1. The van der Waals surface area contributed by atoms with Crippen molar-refractivity contribution >= 4 is 23.4 Å². The molecule has 0 radical (unpaired) electrons. The first-order chi connectivity index (χ1) is 15.8. The van der Waals surface area contributed by atoms with Crippen LogP contribution in [0.1, 0.15) is 63.2 Å². The van der Waals surface area contributed by atoms with Gasteiger partial charge in [0.1, 0.15) is 0 Å². The van der Waals surface area contributed by atoms with Crippen molar-refractivity contribution in [2.75, 3.05) is 0 Å². The summed E-state index contributed by atoms with van der Waals surface area (Å²) in [7, 11) is 0. The number of allylic oxidation sites excluding steroid dienone is 3. The summed E-state index contributed by atoms with van der Waals surface area (Å²) in [5.74, 6) is 5.48. The van der Waals surface area contributed by atoms with E-state index >= 15 is 0 Å². The lowest BCUT2D eigenvalue weighted by atomic mass is 9.73. The van der Waals surface area contributed by atoms with Gasteiger partial charge in [-0.05, 0) is 64.9 Å². The van der Waals surface area contributed by atoms with Gasteiger partial charge < -0.3 is 5.11 Å². The summed E-state index contributed by atoms with van der Waals surface area (Å²) in [5, 5.41) is 9.01. The molecule has 0 spiro atoms. The Kier molecular flexibility index (Phi) is 6.11. The van der Waals surface area contributed by atoms with Crippen molar-refractivity contribution in [1.82, 2.24) is 0 Å². The first-order valence-corrected chi connectivity index (χ1v) is 10.8. The molecule has 4 rings (SSSR count). The zero-order valence-corrected chi connectivity index (χ0v) is 18.6. The van der Waals surface area contributed by atoms with Gasteiger partial charge >= 0.3 is 5.97 Å². The SMILES string of the molecule is CC1(C)CC=C(C#Cc2ccccc2)c2ccc(C(=O)/C=C/c3ccc(C(=O)O)cc3)cc21. The lowest BCUT2D eigenvalue weighted by Crippen LogP contribution is -2.22. The number of carboxylic acids is 1. The van der Waals surface area contributed by atoms with Gasteiger partial charge in [-0.15, -0.1) is 0 Å². The fourth-order valence-electron chi connectivity index (χ4n) is 3.85. The van der Waals surface area contributed by atoms with E-state index in [1.807, 2.05) is 48.5 Å². The summed E-state index contributed by atoms with van der Waals surface area (Å²) in [5.41, 5.74) is 5.66. The molecule has 0 fully saturated rings. The van der Waals surface area contributed by atoms with Gasteiger partial charge in [0.2, 0.25) is 0 Å². The topological polar surface area (TPSA) is 54.4 Å². The van der Waals surface area contributed by atoms with E-state index in [-0.39, 0.29) is 16.8 Å². The lowest BCUT2D eigenvalue weighted by molar-refractivity contribution is 0.0696. The molecule has 3 aromatic carbocycles. The number of carboxylic acid groups (broad SMARTS) is 1. The van der Waals surface area contributed by atoms with Crippen molar-refractivity contribution < 1.29 is 14.7 Å². The molecule has 0 aromatic heterocycles. The van der Waals surface area contributed by atoms with Crippen LogP contribution in [0, 0.1) is 11.8 Å². The molecular weight excluding hydrogens is 408 g/mol. The van der Waals surface area contributed by atoms with Crippen LogP contribution in [0.2, 0.25) is 0 Å². The molecule has 162 valence electrons. The Morgan fingerprint density at radius 3 is 2.30 bits per heavy atom. The first kappa shape index (κ1) is 22.0. The third kappa shape index (κ3) is 5.02. The molecule has 3 nitrogen and oxygen atoms in total. The highest BCUT2D eigenvalue weighted by Crippen LogP contribution is 2.39. The normalized spacial score (nSPS) is 14.1. The van der Waals surface area contributed by atoms with E-state index in [2.05, 4.69) is 31.8 Å². The van der Waals surface area contributed by atoms with Crippen molar-refractivity contribution in [3.63, 3.8) is 0 Å². The van der Waals surface area contributed by atoms with Crippen LogP contribution in [-0.2, 0) is 5.41 Å². The number of carbonyl (C=O) groups is 2. The largest absolute Gasteiger partial charge is 0.478 e. The summed E-state index contributed by atoms with van der Waals surface area (Å²) in [6, 6.07) is 22.1. The average molecular weight is 433 g/mol. The molecule has 0 saturated heterocycles. The van der Waals surface area contributed by atoms with E-state index in [9.17, 15) is 9.59 Å². The zero-order valence-electron chi connectivity index (χ0n) is 18.6. The van der Waals surface area contributed by atoms with Crippen LogP contribution in [0.3, 0.4) is 0 Å². The number of hydrogen-bond donors (Lipinski definition) is 1. The fourth-order valence-corrected chi connectivity index (χ4v) is 3.85. The highest BCUT2D eigenvalue weighted by atomic mass is 16.4. The Labute approximate surface area is 194 Å². The molecule has 3 heteroatoms. The minimum atomic E-state index is -0.972. The van der Waals surface area contributed by atoms with Crippen LogP contribution in [0.15, 0.2) is 84.9 Å². The number of hydrogen-bond acceptors (Lipinski definition) is 2.